The van der Waals surface area contributed by atoms with Gasteiger partial charge in [-0.25, -0.2) is 4.79 Å². The molecule has 0 aliphatic rings. The summed E-state index contributed by atoms with van der Waals surface area (Å²) in [5, 5.41) is 8.38. The molecule has 0 saturated heterocycles. The van der Waals surface area contributed by atoms with Crippen molar-refractivity contribution in [2.24, 2.45) is 0 Å². The van der Waals surface area contributed by atoms with E-state index in [1.54, 1.807) is 30.3 Å². The molecule has 78 valence electrons. The lowest BCUT2D eigenvalue weighted by molar-refractivity contribution is 0.0697. The highest BCUT2D eigenvalue weighted by atomic mass is 32.5. The largest absolute Gasteiger partial charge is 0.478 e. The average Bonchev–Trinajstić information content (AvgIpc) is 2.03. The van der Waals surface area contributed by atoms with Crippen LogP contribution in [-0.2, 0) is 11.8 Å². The van der Waals surface area contributed by atoms with Crippen LogP contribution in [0.2, 0.25) is 0 Å². The summed E-state index contributed by atoms with van der Waals surface area (Å²) in [5.41, 5.74) is 0.331. The quantitative estimate of drug-likeness (QED) is 0.532. The van der Waals surface area contributed by atoms with Crippen LogP contribution >= 0.6 is 6.72 Å². The van der Waals surface area contributed by atoms with E-state index in [1.807, 2.05) is 0 Å². The highest BCUT2D eigenvalue weighted by Crippen LogP contribution is 2.26. The first-order chi connectivity index (χ1) is 6.30. The summed E-state index contributed by atoms with van der Waals surface area (Å²) in [5.74, 6) is -0.879. The maximum absolute atomic E-state index is 10.2. The lowest BCUT2D eigenvalue weighted by Crippen LogP contribution is -1.93. The third kappa shape index (κ3) is 9.31. The Morgan fingerprint density at radius 2 is 1.50 bits per heavy atom. The number of aromatic carboxylic acids is 1. The fourth-order valence-electron chi connectivity index (χ4n) is 0.581. The molecular weight excluding hydrogens is 227 g/mol. The Labute approximate surface area is 85.5 Å². The van der Waals surface area contributed by atoms with Crippen LogP contribution in [0, 0.1) is 0 Å². The van der Waals surface area contributed by atoms with Crippen LogP contribution in [0.3, 0.4) is 0 Å². The molecule has 0 amide bonds. The van der Waals surface area contributed by atoms with Crippen LogP contribution in [0.25, 0.3) is 0 Å². The standard InChI is InChI=1S/C7H6O2.H3O3PS/c8-7(9)6-4-2-1-3-5-6;1-4(2,3)5/h1-5H,(H,8,9);(H3,1,2,3,5). The van der Waals surface area contributed by atoms with E-state index < -0.39 is 12.7 Å². The van der Waals surface area contributed by atoms with Gasteiger partial charge in [0.25, 0.3) is 0 Å². The van der Waals surface area contributed by atoms with Crippen molar-refractivity contribution in [3.8, 4) is 0 Å². The zero-order valence-corrected chi connectivity index (χ0v) is 8.65. The summed E-state index contributed by atoms with van der Waals surface area (Å²) in [6.45, 7) is -3.81. The van der Waals surface area contributed by atoms with Gasteiger partial charge in [0.1, 0.15) is 0 Å². The Morgan fingerprint density at radius 1 is 1.14 bits per heavy atom. The first-order valence-corrected chi connectivity index (χ1v) is 6.03. The Balaban J connectivity index is 0.000000292. The molecule has 1 aromatic rings. The summed E-state index contributed by atoms with van der Waals surface area (Å²) in [6, 6.07) is 8.30. The summed E-state index contributed by atoms with van der Waals surface area (Å²) >= 11 is 3.60. The van der Waals surface area contributed by atoms with Gasteiger partial charge < -0.3 is 19.8 Å². The van der Waals surface area contributed by atoms with Crippen LogP contribution in [0.1, 0.15) is 10.4 Å². The smallest absolute Gasteiger partial charge is 0.335 e. The molecule has 0 unspecified atom stereocenters. The van der Waals surface area contributed by atoms with Crippen LogP contribution < -0.4 is 0 Å². The number of carboxylic acids is 1. The van der Waals surface area contributed by atoms with Crippen LogP contribution in [0.5, 0.6) is 0 Å². The zero-order valence-electron chi connectivity index (χ0n) is 6.94. The van der Waals surface area contributed by atoms with Crippen molar-refractivity contribution in [1.82, 2.24) is 0 Å². The highest BCUT2D eigenvalue weighted by molar-refractivity contribution is 8.06. The molecule has 0 aliphatic carbocycles. The number of hydrogen-bond acceptors (Lipinski definition) is 2. The van der Waals surface area contributed by atoms with Gasteiger partial charge in [-0.1, -0.05) is 18.2 Å². The summed E-state index contributed by atoms with van der Waals surface area (Å²) in [6.07, 6.45) is 0. The molecule has 0 heterocycles. The molecule has 1 rings (SSSR count). The van der Waals surface area contributed by atoms with Crippen LogP contribution in [-0.4, -0.2) is 25.8 Å². The van der Waals surface area contributed by atoms with Gasteiger partial charge in [-0.05, 0) is 23.9 Å². The Kier molecular flexibility index (Phi) is 5.52. The predicted molar refractivity (Wildman–Crippen MR) is 54.3 cm³/mol. The van der Waals surface area contributed by atoms with Gasteiger partial charge >= 0.3 is 12.7 Å². The molecule has 14 heavy (non-hydrogen) atoms. The second-order valence-corrected chi connectivity index (χ2v) is 4.68. The van der Waals surface area contributed by atoms with Gasteiger partial charge in [0.2, 0.25) is 0 Å². The first kappa shape index (κ1) is 13.2. The lowest BCUT2D eigenvalue weighted by atomic mass is 10.2. The SMILES string of the molecule is O=C(O)c1ccccc1.OP(O)(O)=S. The van der Waals surface area contributed by atoms with Gasteiger partial charge in [0.15, 0.2) is 0 Å². The number of rotatable bonds is 1. The van der Waals surface area contributed by atoms with Crippen molar-refractivity contribution in [3.05, 3.63) is 35.9 Å². The third-order valence-corrected chi connectivity index (χ3v) is 1.02. The summed E-state index contributed by atoms with van der Waals surface area (Å²) in [7, 11) is 0. The predicted octanol–water partition coefficient (Wildman–Crippen LogP) is 0.573. The van der Waals surface area contributed by atoms with Crippen molar-refractivity contribution in [2.45, 2.75) is 0 Å². The summed E-state index contributed by atoms with van der Waals surface area (Å²) in [4.78, 5) is 32.9. The van der Waals surface area contributed by atoms with Gasteiger partial charge in [-0.2, -0.15) is 0 Å². The minimum absolute atomic E-state index is 0.331. The molecule has 0 saturated carbocycles. The molecule has 0 spiro atoms. The number of carbonyl (C=O) groups is 1. The zero-order chi connectivity index (χ0) is 11.2. The van der Waals surface area contributed by atoms with Crippen molar-refractivity contribution in [2.75, 3.05) is 0 Å². The Bertz CT molecular complexity index is 325. The second-order valence-electron chi connectivity index (χ2n) is 2.18. The van der Waals surface area contributed by atoms with E-state index in [9.17, 15) is 4.79 Å². The molecule has 4 N–H and O–H groups in total. The van der Waals surface area contributed by atoms with E-state index >= 15 is 0 Å². The van der Waals surface area contributed by atoms with Crippen molar-refractivity contribution in [3.63, 3.8) is 0 Å². The molecule has 5 nitrogen and oxygen atoms in total. The molecule has 0 radical (unpaired) electrons. The van der Waals surface area contributed by atoms with Gasteiger partial charge in [-0.3, -0.25) is 0 Å². The fraction of sp³-hybridized carbons (Fsp3) is 0. The molecule has 0 aliphatic heterocycles. The van der Waals surface area contributed by atoms with Gasteiger partial charge in [0, 0.05) is 0 Å². The minimum Gasteiger partial charge on any atom is -0.478 e. The van der Waals surface area contributed by atoms with Crippen molar-refractivity contribution >= 4 is 24.5 Å². The highest BCUT2D eigenvalue weighted by Gasteiger charge is 1.96. The van der Waals surface area contributed by atoms with Gasteiger partial charge in [-0.15, -0.1) is 0 Å². The topological polar surface area (TPSA) is 98.0 Å². The molecule has 0 atom stereocenters. The van der Waals surface area contributed by atoms with Crippen molar-refractivity contribution < 1.29 is 24.6 Å². The molecular formula is C7H9O5PS. The Morgan fingerprint density at radius 3 is 1.71 bits per heavy atom. The molecule has 0 fully saturated rings. The number of carboxylic acid groups (broad SMARTS) is 1. The van der Waals surface area contributed by atoms with E-state index in [2.05, 4.69) is 11.8 Å². The number of benzene rings is 1. The van der Waals surface area contributed by atoms with Crippen LogP contribution in [0.4, 0.5) is 0 Å². The molecule has 0 aromatic heterocycles. The summed E-state index contributed by atoms with van der Waals surface area (Å²) < 4.78 is 0. The Hall–Kier alpha value is -0.780. The maximum Gasteiger partial charge on any atom is 0.335 e. The van der Waals surface area contributed by atoms with E-state index in [-0.39, 0.29) is 0 Å². The molecule has 1 aromatic carbocycles. The number of hydrogen-bond donors (Lipinski definition) is 4. The monoisotopic (exact) mass is 236 g/mol. The molecule has 0 bridgehead atoms. The van der Waals surface area contributed by atoms with Gasteiger partial charge in [0.05, 0.1) is 5.56 Å². The minimum atomic E-state index is -3.81. The van der Waals surface area contributed by atoms with Crippen LogP contribution in [0.15, 0.2) is 30.3 Å². The third-order valence-electron chi connectivity index (χ3n) is 1.02. The normalized spacial score (nSPS) is 9.93. The first-order valence-electron chi connectivity index (χ1n) is 3.37. The van der Waals surface area contributed by atoms with E-state index in [0.29, 0.717) is 5.56 Å². The maximum atomic E-state index is 10.2. The average molecular weight is 236 g/mol. The van der Waals surface area contributed by atoms with E-state index in [1.165, 1.54) is 0 Å². The molecule has 7 heteroatoms. The van der Waals surface area contributed by atoms with E-state index in [0.717, 1.165) is 0 Å². The lowest BCUT2D eigenvalue weighted by Gasteiger charge is -1.88. The second kappa shape index (κ2) is 5.85. The van der Waals surface area contributed by atoms with Crippen molar-refractivity contribution in [1.29, 1.82) is 0 Å². The fourth-order valence-corrected chi connectivity index (χ4v) is 0.581. The van der Waals surface area contributed by atoms with E-state index in [4.69, 9.17) is 19.8 Å².